The number of hydrogen-bond donors (Lipinski definition) is 0. The predicted octanol–water partition coefficient (Wildman–Crippen LogP) is -0.663. The van der Waals surface area contributed by atoms with Crippen LogP contribution in [-0.2, 0) is 0 Å². The summed E-state index contributed by atoms with van der Waals surface area (Å²) in [5.41, 5.74) is 0. The minimum absolute atomic E-state index is 0. The fourth-order valence-corrected chi connectivity index (χ4v) is 2.71. The van der Waals surface area contributed by atoms with Crippen LogP contribution in [-0.4, -0.2) is 25.0 Å². The van der Waals surface area contributed by atoms with E-state index in [4.69, 9.17) is 0 Å². The van der Waals surface area contributed by atoms with Crippen LogP contribution in [0.5, 0.6) is 0 Å². The second kappa shape index (κ2) is 5.75. The van der Waals surface area contributed by atoms with E-state index in [1.807, 2.05) is 0 Å². The molecule has 0 aromatic carbocycles. The summed E-state index contributed by atoms with van der Waals surface area (Å²) in [4.78, 5) is 2.47. The van der Waals surface area contributed by atoms with Gasteiger partial charge < -0.3 is 11.3 Å². The van der Waals surface area contributed by atoms with Crippen LogP contribution in [0.15, 0.2) is 0 Å². The zero-order valence-electron chi connectivity index (χ0n) is 9.13. The molecule has 0 aromatic heterocycles. The standard InChI is InChI=1S/C11H20N.Na/c1-12-8-6-11(7-9-12)10-4-2-3-5-10;/h2,10-11H,3-9H2,1H3;/q-1;+1. The molecule has 2 aliphatic rings. The van der Waals surface area contributed by atoms with E-state index in [1.54, 1.807) is 0 Å². The number of nitrogens with zero attached hydrogens (tertiary/aromatic N) is 1. The van der Waals surface area contributed by atoms with Crippen molar-refractivity contribution in [3.8, 4) is 0 Å². The van der Waals surface area contributed by atoms with Gasteiger partial charge in [-0.3, -0.25) is 0 Å². The summed E-state index contributed by atoms with van der Waals surface area (Å²) in [5.74, 6) is 2.11. The molecule has 0 N–H and O–H groups in total. The van der Waals surface area contributed by atoms with Crippen LogP contribution in [0.4, 0.5) is 0 Å². The maximum absolute atomic E-state index is 2.49. The van der Waals surface area contributed by atoms with Crippen LogP contribution < -0.4 is 29.6 Å². The molecule has 2 rings (SSSR count). The van der Waals surface area contributed by atoms with Crippen molar-refractivity contribution in [3.63, 3.8) is 0 Å². The molecule has 0 spiro atoms. The zero-order valence-corrected chi connectivity index (χ0v) is 11.1. The Balaban J connectivity index is 0.000000845. The fraction of sp³-hybridized carbons (Fsp3) is 0.909. The third kappa shape index (κ3) is 3.23. The first-order valence-electron chi connectivity index (χ1n) is 5.36. The van der Waals surface area contributed by atoms with Gasteiger partial charge in [-0.05, 0) is 38.9 Å². The van der Waals surface area contributed by atoms with Crippen LogP contribution in [0.2, 0.25) is 0 Å². The molecule has 1 aliphatic carbocycles. The molecule has 0 aromatic rings. The van der Waals surface area contributed by atoms with Gasteiger partial charge in [0.05, 0.1) is 0 Å². The molecule has 0 radical (unpaired) electrons. The molecule has 1 unspecified atom stereocenters. The van der Waals surface area contributed by atoms with Gasteiger partial charge in [0.1, 0.15) is 0 Å². The molecule has 0 bridgehead atoms. The number of likely N-dealkylation sites (tertiary alicyclic amines) is 1. The SMILES string of the molecule is CN1CCC(C2C[CH-]CC2)CC1.[Na+]. The molecule has 1 aliphatic heterocycles. The van der Waals surface area contributed by atoms with Crippen LogP contribution in [0.3, 0.4) is 0 Å². The molecule has 2 heteroatoms. The van der Waals surface area contributed by atoms with Gasteiger partial charge in [0, 0.05) is 0 Å². The Morgan fingerprint density at radius 3 is 2.31 bits per heavy atom. The predicted molar refractivity (Wildman–Crippen MR) is 51.9 cm³/mol. The van der Waals surface area contributed by atoms with Crippen molar-refractivity contribution in [1.29, 1.82) is 0 Å². The van der Waals surface area contributed by atoms with Crippen LogP contribution >= 0.6 is 0 Å². The number of piperidine rings is 1. The smallest absolute Gasteiger partial charge is 0.328 e. The summed E-state index contributed by atoms with van der Waals surface area (Å²) in [5, 5.41) is 0. The first kappa shape index (κ1) is 12.0. The van der Waals surface area contributed by atoms with Crippen molar-refractivity contribution < 1.29 is 29.6 Å². The largest absolute Gasteiger partial charge is 1.00 e. The Labute approximate surface area is 105 Å². The first-order valence-corrected chi connectivity index (χ1v) is 5.36. The first-order chi connectivity index (χ1) is 5.86. The average molecular weight is 189 g/mol. The van der Waals surface area contributed by atoms with E-state index in [-0.39, 0.29) is 29.6 Å². The summed E-state index contributed by atoms with van der Waals surface area (Å²) < 4.78 is 0. The van der Waals surface area contributed by atoms with Crippen molar-refractivity contribution >= 4 is 0 Å². The van der Waals surface area contributed by atoms with E-state index in [0.29, 0.717) is 0 Å². The average Bonchev–Trinajstić information content (AvgIpc) is 2.58. The third-order valence-corrected chi connectivity index (χ3v) is 3.64. The second-order valence-corrected chi connectivity index (χ2v) is 4.50. The van der Waals surface area contributed by atoms with Crippen molar-refractivity contribution in [1.82, 2.24) is 4.90 Å². The Kier molecular flexibility index (Phi) is 5.32. The van der Waals surface area contributed by atoms with E-state index in [9.17, 15) is 0 Å². The van der Waals surface area contributed by atoms with Gasteiger partial charge in [0.2, 0.25) is 0 Å². The van der Waals surface area contributed by atoms with Crippen molar-refractivity contribution in [3.05, 3.63) is 6.42 Å². The Hall–Kier alpha value is 0.960. The molecular weight excluding hydrogens is 169 g/mol. The van der Waals surface area contributed by atoms with Crippen LogP contribution in [0.1, 0.15) is 32.1 Å². The molecule has 1 saturated heterocycles. The van der Waals surface area contributed by atoms with E-state index in [2.05, 4.69) is 18.4 Å². The summed E-state index contributed by atoms with van der Waals surface area (Å²) >= 11 is 0. The summed E-state index contributed by atoms with van der Waals surface area (Å²) in [6.07, 6.45) is 9.67. The molecule has 1 nitrogen and oxygen atoms in total. The molecule has 0 amide bonds. The number of rotatable bonds is 1. The normalized spacial score (nSPS) is 31.6. The molecule has 1 atom stereocenters. The molecule has 1 heterocycles. The number of hydrogen-bond acceptors (Lipinski definition) is 1. The second-order valence-electron chi connectivity index (χ2n) is 4.50. The van der Waals surface area contributed by atoms with Gasteiger partial charge in [-0.2, -0.15) is 12.8 Å². The minimum atomic E-state index is 0. The van der Waals surface area contributed by atoms with E-state index in [0.717, 1.165) is 11.8 Å². The van der Waals surface area contributed by atoms with E-state index >= 15 is 0 Å². The van der Waals surface area contributed by atoms with Gasteiger partial charge in [-0.15, -0.1) is 0 Å². The maximum Gasteiger partial charge on any atom is 1.00 e. The van der Waals surface area contributed by atoms with Gasteiger partial charge in [0.15, 0.2) is 0 Å². The molecule has 1 saturated carbocycles. The monoisotopic (exact) mass is 189 g/mol. The summed E-state index contributed by atoms with van der Waals surface area (Å²) in [6.45, 7) is 2.67. The summed E-state index contributed by atoms with van der Waals surface area (Å²) in [6, 6.07) is 0. The Morgan fingerprint density at radius 1 is 1.08 bits per heavy atom. The van der Waals surface area contributed by atoms with Gasteiger partial charge in [0.25, 0.3) is 0 Å². The van der Waals surface area contributed by atoms with Gasteiger partial charge in [-0.25, -0.2) is 0 Å². The Bertz CT molecular complexity index is 135. The van der Waals surface area contributed by atoms with Gasteiger partial charge in [-0.1, -0.05) is 12.3 Å². The van der Waals surface area contributed by atoms with Gasteiger partial charge >= 0.3 is 29.6 Å². The zero-order chi connectivity index (χ0) is 8.39. The molecule has 70 valence electrons. The molecular formula is C11H20NNa. The van der Waals surface area contributed by atoms with E-state index < -0.39 is 0 Å². The van der Waals surface area contributed by atoms with Crippen molar-refractivity contribution in [2.45, 2.75) is 32.1 Å². The summed E-state index contributed by atoms with van der Waals surface area (Å²) in [7, 11) is 2.25. The molecule has 13 heavy (non-hydrogen) atoms. The topological polar surface area (TPSA) is 3.24 Å². The van der Waals surface area contributed by atoms with Crippen molar-refractivity contribution in [2.24, 2.45) is 11.8 Å². The van der Waals surface area contributed by atoms with Crippen LogP contribution in [0.25, 0.3) is 0 Å². The third-order valence-electron chi connectivity index (χ3n) is 3.64. The van der Waals surface area contributed by atoms with E-state index in [1.165, 1.54) is 45.2 Å². The van der Waals surface area contributed by atoms with Crippen LogP contribution in [0, 0.1) is 18.3 Å². The quantitative estimate of drug-likeness (QED) is 0.391. The van der Waals surface area contributed by atoms with Crippen molar-refractivity contribution in [2.75, 3.05) is 20.1 Å². The Morgan fingerprint density at radius 2 is 1.77 bits per heavy atom. The fourth-order valence-electron chi connectivity index (χ4n) is 2.71. The molecule has 2 fully saturated rings. The maximum atomic E-state index is 2.49. The minimum Gasteiger partial charge on any atom is -0.328 e.